The topological polar surface area (TPSA) is 15.3 Å². The molecule has 2 aliphatic rings. The third-order valence-electron chi connectivity index (χ3n) is 5.38. The first kappa shape index (κ1) is 15.2. The number of hydrogen-bond acceptors (Lipinski definition) is 2. The van der Waals surface area contributed by atoms with E-state index in [-0.39, 0.29) is 0 Å². The van der Waals surface area contributed by atoms with Crippen LogP contribution in [0.1, 0.15) is 51.5 Å². The molecule has 1 saturated carbocycles. The fourth-order valence-electron chi connectivity index (χ4n) is 3.08. The van der Waals surface area contributed by atoms with Gasteiger partial charge in [0.15, 0.2) is 0 Å². The highest BCUT2D eigenvalue weighted by Crippen LogP contribution is 2.36. The molecule has 1 aliphatic carbocycles. The fraction of sp³-hybridized carbons (Fsp3) is 0.667. The molecule has 2 nitrogen and oxygen atoms in total. The van der Waals surface area contributed by atoms with Crippen molar-refractivity contribution in [2.24, 2.45) is 5.41 Å². The Hall–Kier alpha value is -0.730. The van der Waals surface area contributed by atoms with E-state index >= 15 is 0 Å². The molecule has 0 unspecified atom stereocenters. The van der Waals surface area contributed by atoms with Gasteiger partial charge in [-0.15, -0.1) is 0 Å². The molecule has 0 amide bonds. The third-order valence-corrected chi connectivity index (χ3v) is 5.74. The van der Waals surface area contributed by atoms with Gasteiger partial charge in [-0.3, -0.25) is 0 Å². The average Bonchev–Trinajstić information content (AvgIpc) is 3.31. The molecule has 0 aromatic heterocycles. The summed E-state index contributed by atoms with van der Waals surface area (Å²) in [5.41, 5.74) is 3.05. The van der Waals surface area contributed by atoms with E-state index in [0.717, 1.165) is 30.7 Å². The van der Waals surface area contributed by atoms with Crippen LogP contribution in [0.4, 0.5) is 5.69 Å². The smallest absolute Gasteiger partial charge is 0.0471 e. The number of anilines is 1. The van der Waals surface area contributed by atoms with Crippen molar-refractivity contribution in [1.82, 2.24) is 5.32 Å². The van der Waals surface area contributed by atoms with Gasteiger partial charge in [0.25, 0.3) is 0 Å². The number of halogens is 1. The minimum absolute atomic E-state index is 0.536. The average molecular weight is 307 g/mol. The summed E-state index contributed by atoms with van der Waals surface area (Å²) in [6, 6.07) is 7.32. The van der Waals surface area contributed by atoms with Crippen LogP contribution in [0.2, 0.25) is 5.02 Å². The van der Waals surface area contributed by atoms with E-state index in [0.29, 0.717) is 5.41 Å². The van der Waals surface area contributed by atoms with E-state index in [1.165, 1.54) is 43.4 Å². The van der Waals surface area contributed by atoms with Crippen molar-refractivity contribution in [3.05, 3.63) is 28.8 Å². The minimum atomic E-state index is 0.536. The molecule has 0 atom stereocenters. The van der Waals surface area contributed by atoms with Crippen LogP contribution in [0, 0.1) is 5.41 Å². The summed E-state index contributed by atoms with van der Waals surface area (Å²) in [5.74, 6) is 0. The minimum Gasteiger partial charge on any atom is -0.371 e. The Morgan fingerprint density at radius 1 is 1.29 bits per heavy atom. The normalized spacial score (nSPS) is 21.6. The van der Waals surface area contributed by atoms with Crippen molar-refractivity contribution in [2.75, 3.05) is 18.0 Å². The monoisotopic (exact) mass is 306 g/mol. The summed E-state index contributed by atoms with van der Waals surface area (Å²) < 4.78 is 0. The summed E-state index contributed by atoms with van der Waals surface area (Å²) >= 11 is 6.47. The maximum Gasteiger partial charge on any atom is 0.0471 e. The Labute approximate surface area is 133 Å². The molecule has 116 valence electrons. The highest BCUT2D eigenvalue weighted by molar-refractivity contribution is 6.31. The van der Waals surface area contributed by atoms with Crippen molar-refractivity contribution >= 4 is 17.3 Å². The highest BCUT2D eigenvalue weighted by Gasteiger charge is 2.28. The van der Waals surface area contributed by atoms with Gasteiger partial charge in [-0.2, -0.15) is 0 Å². The van der Waals surface area contributed by atoms with Gasteiger partial charge in [-0.1, -0.05) is 37.9 Å². The predicted molar refractivity (Wildman–Crippen MR) is 91.2 cm³/mol. The zero-order chi connectivity index (χ0) is 14.9. The second-order valence-electron chi connectivity index (χ2n) is 7.08. The quantitative estimate of drug-likeness (QED) is 0.854. The van der Waals surface area contributed by atoms with Crippen LogP contribution in [0.3, 0.4) is 0 Å². The summed E-state index contributed by atoms with van der Waals surface area (Å²) in [4.78, 5) is 2.49. The van der Waals surface area contributed by atoms with Gasteiger partial charge in [0.2, 0.25) is 0 Å². The van der Waals surface area contributed by atoms with Crippen LogP contribution < -0.4 is 10.2 Å². The van der Waals surface area contributed by atoms with E-state index in [1.54, 1.807) is 0 Å². The summed E-state index contributed by atoms with van der Waals surface area (Å²) in [5, 5.41) is 4.44. The number of hydrogen-bond donors (Lipinski definition) is 1. The molecular formula is C18H27ClN2. The van der Waals surface area contributed by atoms with Crippen molar-refractivity contribution in [3.63, 3.8) is 0 Å². The molecule has 3 heteroatoms. The summed E-state index contributed by atoms with van der Waals surface area (Å²) in [7, 11) is 0. The van der Waals surface area contributed by atoms with Crippen LogP contribution in [0.15, 0.2) is 18.2 Å². The van der Waals surface area contributed by atoms with E-state index in [1.807, 2.05) is 0 Å². The van der Waals surface area contributed by atoms with E-state index in [4.69, 9.17) is 11.6 Å². The lowest BCUT2D eigenvalue weighted by atomic mass is 9.78. The molecule has 0 bridgehead atoms. The zero-order valence-electron chi connectivity index (χ0n) is 13.3. The first-order valence-electron chi connectivity index (χ1n) is 8.36. The molecule has 1 saturated heterocycles. The molecule has 0 radical (unpaired) electrons. The Bertz CT molecular complexity index is 488. The Morgan fingerprint density at radius 2 is 2.00 bits per heavy atom. The number of rotatable bonds is 5. The maximum absolute atomic E-state index is 6.47. The molecular weight excluding hydrogens is 280 g/mol. The standard InChI is InChI=1S/C18H27ClN2/c1-3-18(2)8-10-21(11-9-18)16-7-4-14(17(19)12-16)13-20-15-5-6-15/h4,7,12,15,20H,3,5-6,8-11,13H2,1-2H3. The molecule has 21 heavy (non-hydrogen) atoms. The van der Waals surface area contributed by atoms with Gasteiger partial charge in [0, 0.05) is 36.4 Å². The van der Waals surface area contributed by atoms with Crippen LogP contribution in [0.25, 0.3) is 0 Å². The fourth-order valence-corrected chi connectivity index (χ4v) is 3.32. The van der Waals surface area contributed by atoms with E-state index < -0.39 is 0 Å². The molecule has 1 heterocycles. The third kappa shape index (κ3) is 3.73. The lowest BCUT2D eigenvalue weighted by Gasteiger charge is -2.40. The molecule has 1 N–H and O–H groups in total. The van der Waals surface area contributed by atoms with Gasteiger partial charge < -0.3 is 10.2 Å². The molecule has 0 spiro atoms. The van der Waals surface area contributed by atoms with Gasteiger partial charge in [-0.05, 0) is 48.8 Å². The largest absolute Gasteiger partial charge is 0.371 e. The van der Waals surface area contributed by atoms with Crippen molar-refractivity contribution in [1.29, 1.82) is 0 Å². The van der Waals surface area contributed by atoms with Crippen LogP contribution >= 0.6 is 11.6 Å². The number of piperidine rings is 1. The lowest BCUT2D eigenvalue weighted by Crippen LogP contribution is -2.38. The lowest BCUT2D eigenvalue weighted by molar-refractivity contribution is 0.238. The van der Waals surface area contributed by atoms with Gasteiger partial charge in [-0.25, -0.2) is 0 Å². The zero-order valence-corrected chi connectivity index (χ0v) is 14.0. The Kier molecular flexibility index (Phi) is 4.46. The number of nitrogens with zero attached hydrogens (tertiary/aromatic N) is 1. The molecule has 3 rings (SSSR count). The molecule has 1 aliphatic heterocycles. The van der Waals surface area contributed by atoms with Gasteiger partial charge >= 0.3 is 0 Å². The number of benzene rings is 1. The van der Waals surface area contributed by atoms with Crippen LogP contribution in [-0.2, 0) is 6.54 Å². The van der Waals surface area contributed by atoms with Crippen molar-refractivity contribution in [3.8, 4) is 0 Å². The predicted octanol–water partition coefficient (Wildman–Crippen LogP) is 4.61. The Balaban J connectivity index is 1.62. The molecule has 1 aromatic rings. The maximum atomic E-state index is 6.47. The first-order valence-corrected chi connectivity index (χ1v) is 8.74. The van der Waals surface area contributed by atoms with Gasteiger partial charge in [0.1, 0.15) is 0 Å². The summed E-state index contributed by atoms with van der Waals surface area (Å²) in [6.07, 6.45) is 6.49. The second-order valence-corrected chi connectivity index (χ2v) is 7.49. The summed E-state index contributed by atoms with van der Waals surface area (Å²) in [6.45, 7) is 7.94. The van der Waals surface area contributed by atoms with Gasteiger partial charge in [0.05, 0.1) is 0 Å². The second kappa shape index (κ2) is 6.18. The van der Waals surface area contributed by atoms with Crippen molar-refractivity contribution in [2.45, 2.75) is 58.5 Å². The highest BCUT2D eigenvalue weighted by atomic mass is 35.5. The van der Waals surface area contributed by atoms with Crippen LogP contribution in [0.5, 0.6) is 0 Å². The Morgan fingerprint density at radius 3 is 2.57 bits per heavy atom. The first-order chi connectivity index (χ1) is 10.1. The SMILES string of the molecule is CCC1(C)CCN(c2ccc(CNC3CC3)c(Cl)c2)CC1. The molecule has 1 aromatic carbocycles. The van der Waals surface area contributed by atoms with E-state index in [9.17, 15) is 0 Å². The van der Waals surface area contributed by atoms with Crippen LogP contribution in [-0.4, -0.2) is 19.1 Å². The molecule has 2 fully saturated rings. The van der Waals surface area contributed by atoms with E-state index in [2.05, 4.69) is 42.3 Å². The number of nitrogens with one attached hydrogen (secondary N) is 1. The van der Waals surface area contributed by atoms with Crippen molar-refractivity contribution < 1.29 is 0 Å².